The molecule has 86 valence electrons. The number of nitrogens with two attached hydrogens (primary N) is 1. The van der Waals surface area contributed by atoms with Gasteiger partial charge in [0.25, 0.3) is 0 Å². The predicted octanol–water partition coefficient (Wildman–Crippen LogP) is 1.42. The van der Waals surface area contributed by atoms with E-state index in [2.05, 4.69) is 5.32 Å². The third-order valence-electron chi connectivity index (χ3n) is 3.65. The molecule has 0 heterocycles. The number of carbonyl (C=O) groups is 1. The molecule has 2 saturated carbocycles. The SMILES string of the molecule is NC1CCC(CNC(=O)CC2CC2)CC1. The number of rotatable bonds is 4. The van der Waals surface area contributed by atoms with E-state index in [0.29, 0.717) is 17.9 Å². The molecule has 0 aromatic rings. The van der Waals surface area contributed by atoms with Crippen LogP contribution in [0.25, 0.3) is 0 Å². The monoisotopic (exact) mass is 210 g/mol. The van der Waals surface area contributed by atoms with Crippen molar-refractivity contribution in [1.82, 2.24) is 5.32 Å². The van der Waals surface area contributed by atoms with Crippen molar-refractivity contribution >= 4 is 5.91 Å². The lowest BCUT2D eigenvalue weighted by atomic mass is 9.86. The van der Waals surface area contributed by atoms with Crippen LogP contribution >= 0.6 is 0 Å². The number of hydrogen-bond acceptors (Lipinski definition) is 2. The summed E-state index contributed by atoms with van der Waals surface area (Å²) in [5, 5.41) is 3.06. The lowest BCUT2D eigenvalue weighted by Crippen LogP contribution is -2.34. The molecule has 0 bridgehead atoms. The topological polar surface area (TPSA) is 55.1 Å². The highest BCUT2D eigenvalue weighted by Crippen LogP contribution is 2.32. The van der Waals surface area contributed by atoms with Crippen molar-refractivity contribution in [3.8, 4) is 0 Å². The highest BCUT2D eigenvalue weighted by atomic mass is 16.1. The van der Waals surface area contributed by atoms with Crippen molar-refractivity contribution in [3.63, 3.8) is 0 Å². The molecular weight excluding hydrogens is 188 g/mol. The van der Waals surface area contributed by atoms with Gasteiger partial charge in [-0.25, -0.2) is 0 Å². The van der Waals surface area contributed by atoms with Crippen LogP contribution < -0.4 is 11.1 Å². The average Bonchev–Trinajstić information content (AvgIpc) is 3.01. The first-order valence-electron chi connectivity index (χ1n) is 6.26. The molecule has 15 heavy (non-hydrogen) atoms. The molecule has 1 amide bonds. The van der Waals surface area contributed by atoms with Gasteiger partial charge in [0.15, 0.2) is 0 Å². The number of nitrogens with one attached hydrogen (secondary N) is 1. The van der Waals surface area contributed by atoms with Crippen molar-refractivity contribution in [3.05, 3.63) is 0 Å². The van der Waals surface area contributed by atoms with E-state index < -0.39 is 0 Å². The van der Waals surface area contributed by atoms with Crippen LogP contribution in [-0.4, -0.2) is 18.5 Å². The fourth-order valence-corrected chi connectivity index (χ4v) is 2.31. The van der Waals surface area contributed by atoms with Crippen LogP contribution in [0.3, 0.4) is 0 Å². The van der Waals surface area contributed by atoms with Gasteiger partial charge >= 0.3 is 0 Å². The molecule has 0 saturated heterocycles. The molecule has 0 radical (unpaired) electrons. The Morgan fingerprint density at radius 2 is 1.67 bits per heavy atom. The van der Waals surface area contributed by atoms with Gasteiger partial charge in [0.1, 0.15) is 0 Å². The van der Waals surface area contributed by atoms with E-state index in [4.69, 9.17) is 5.73 Å². The Morgan fingerprint density at radius 3 is 2.27 bits per heavy atom. The fraction of sp³-hybridized carbons (Fsp3) is 0.917. The first kappa shape index (κ1) is 10.9. The quantitative estimate of drug-likeness (QED) is 0.737. The van der Waals surface area contributed by atoms with Gasteiger partial charge < -0.3 is 11.1 Å². The van der Waals surface area contributed by atoms with E-state index in [-0.39, 0.29) is 5.91 Å². The first-order valence-corrected chi connectivity index (χ1v) is 6.26. The average molecular weight is 210 g/mol. The van der Waals surface area contributed by atoms with Gasteiger partial charge in [-0.1, -0.05) is 0 Å². The lowest BCUT2D eigenvalue weighted by Gasteiger charge is -2.26. The molecule has 2 rings (SSSR count). The van der Waals surface area contributed by atoms with Crippen LogP contribution in [0.2, 0.25) is 0 Å². The van der Waals surface area contributed by atoms with Gasteiger partial charge in [-0.3, -0.25) is 4.79 Å². The smallest absolute Gasteiger partial charge is 0.220 e. The van der Waals surface area contributed by atoms with E-state index >= 15 is 0 Å². The Labute approximate surface area is 91.8 Å². The maximum Gasteiger partial charge on any atom is 0.220 e. The molecule has 0 aromatic heterocycles. The molecule has 0 atom stereocenters. The van der Waals surface area contributed by atoms with Crippen molar-refractivity contribution in [2.45, 2.75) is 51.0 Å². The van der Waals surface area contributed by atoms with E-state index in [1.807, 2.05) is 0 Å². The molecule has 2 aliphatic rings. The van der Waals surface area contributed by atoms with E-state index in [1.54, 1.807) is 0 Å². The third kappa shape index (κ3) is 3.82. The minimum Gasteiger partial charge on any atom is -0.356 e. The Hall–Kier alpha value is -0.570. The highest BCUT2D eigenvalue weighted by molar-refractivity contribution is 5.76. The zero-order valence-corrected chi connectivity index (χ0v) is 9.37. The molecular formula is C12H22N2O. The number of carbonyl (C=O) groups excluding carboxylic acids is 1. The zero-order chi connectivity index (χ0) is 10.7. The van der Waals surface area contributed by atoms with Gasteiger partial charge in [-0.05, 0) is 50.4 Å². The molecule has 2 fully saturated rings. The molecule has 0 aliphatic heterocycles. The van der Waals surface area contributed by atoms with Crippen molar-refractivity contribution in [1.29, 1.82) is 0 Å². The zero-order valence-electron chi connectivity index (χ0n) is 9.37. The molecule has 0 unspecified atom stereocenters. The third-order valence-corrected chi connectivity index (χ3v) is 3.65. The Morgan fingerprint density at radius 1 is 1.07 bits per heavy atom. The van der Waals surface area contributed by atoms with Crippen LogP contribution in [0, 0.1) is 11.8 Å². The van der Waals surface area contributed by atoms with Crippen molar-refractivity contribution in [2.75, 3.05) is 6.54 Å². The van der Waals surface area contributed by atoms with Gasteiger partial charge in [-0.15, -0.1) is 0 Å². The van der Waals surface area contributed by atoms with Crippen LogP contribution in [0.5, 0.6) is 0 Å². The largest absolute Gasteiger partial charge is 0.356 e. The molecule has 3 heteroatoms. The standard InChI is InChI=1S/C12H22N2O/c13-11-5-3-10(4-6-11)8-14-12(15)7-9-1-2-9/h9-11H,1-8,13H2,(H,14,15). The Bertz CT molecular complexity index is 218. The van der Waals surface area contributed by atoms with Gasteiger partial charge in [-0.2, -0.15) is 0 Å². The van der Waals surface area contributed by atoms with E-state index in [9.17, 15) is 4.79 Å². The van der Waals surface area contributed by atoms with Crippen LogP contribution in [0.15, 0.2) is 0 Å². The Balaban J connectivity index is 1.58. The summed E-state index contributed by atoms with van der Waals surface area (Å²) in [5.74, 6) is 1.63. The van der Waals surface area contributed by atoms with Gasteiger partial charge in [0.05, 0.1) is 0 Å². The van der Waals surface area contributed by atoms with Crippen LogP contribution in [0.1, 0.15) is 44.9 Å². The summed E-state index contributed by atoms with van der Waals surface area (Å²) in [6.07, 6.45) is 7.89. The maximum atomic E-state index is 11.5. The summed E-state index contributed by atoms with van der Waals surface area (Å²) in [5.41, 5.74) is 5.84. The predicted molar refractivity (Wildman–Crippen MR) is 60.3 cm³/mol. The second-order valence-electron chi connectivity index (χ2n) is 5.23. The summed E-state index contributed by atoms with van der Waals surface area (Å²) >= 11 is 0. The second kappa shape index (κ2) is 4.97. The fourth-order valence-electron chi connectivity index (χ4n) is 2.31. The Kier molecular flexibility index (Phi) is 3.62. The first-order chi connectivity index (χ1) is 7.24. The van der Waals surface area contributed by atoms with E-state index in [1.165, 1.54) is 25.7 Å². The highest BCUT2D eigenvalue weighted by Gasteiger charge is 2.25. The minimum absolute atomic E-state index is 0.257. The normalized spacial score (nSPS) is 31.3. The van der Waals surface area contributed by atoms with Crippen LogP contribution in [-0.2, 0) is 4.79 Å². The summed E-state index contributed by atoms with van der Waals surface area (Å²) in [6, 6.07) is 0.406. The summed E-state index contributed by atoms with van der Waals surface area (Å²) in [6.45, 7) is 0.873. The van der Waals surface area contributed by atoms with Crippen molar-refractivity contribution < 1.29 is 4.79 Å². The summed E-state index contributed by atoms with van der Waals surface area (Å²) in [7, 11) is 0. The lowest BCUT2D eigenvalue weighted by molar-refractivity contribution is -0.121. The molecule has 0 aromatic carbocycles. The minimum atomic E-state index is 0.257. The number of hydrogen-bond donors (Lipinski definition) is 2. The molecule has 0 spiro atoms. The number of amides is 1. The van der Waals surface area contributed by atoms with Gasteiger partial charge in [0, 0.05) is 19.0 Å². The summed E-state index contributed by atoms with van der Waals surface area (Å²) in [4.78, 5) is 11.5. The second-order valence-corrected chi connectivity index (χ2v) is 5.23. The molecule has 3 N–H and O–H groups in total. The summed E-state index contributed by atoms with van der Waals surface area (Å²) < 4.78 is 0. The van der Waals surface area contributed by atoms with Gasteiger partial charge in [0.2, 0.25) is 5.91 Å². The van der Waals surface area contributed by atoms with Crippen LogP contribution in [0.4, 0.5) is 0 Å². The van der Waals surface area contributed by atoms with E-state index in [0.717, 1.165) is 25.8 Å². The van der Waals surface area contributed by atoms with Crippen molar-refractivity contribution in [2.24, 2.45) is 17.6 Å². The molecule has 3 nitrogen and oxygen atoms in total. The molecule has 2 aliphatic carbocycles. The maximum absolute atomic E-state index is 11.5.